The van der Waals surface area contributed by atoms with Gasteiger partial charge in [0.25, 0.3) is 0 Å². The van der Waals surface area contributed by atoms with E-state index in [1.807, 2.05) is 12.1 Å². The van der Waals surface area contributed by atoms with Crippen LogP contribution in [0.25, 0.3) is 0 Å². The molecular weight excluding hydrogens is 246 g/mol. The van der Waals surface area contributed by atoms with Gasteiger partial charge in [0.05, 0.1) is 0 Å². The van der Waals surface area contributed by atoms with E-state index in [0.717, 1.165) is 5.92 Å². The fraction of sp³-hybridized carbons (Fsp3) is 0.667. The number of rotatable bonds is 5. The summed E-state index contributed by atoms with van der Waals surface area (Å²) in [6, 6.07) is 7.98. The topological polar surface area (TPSA) is 23.5 Å². The van der Waals surface area contributed by atoms with Crippen molar-refractivity contribution < 1.29 is 5.11 Å². The largest absolute Gasteiger partial charge is 0.508 e. The Morgan fingerprint density at radius 3 is 2.80 bits per heavy atom. The molecule has 1 atom stereocenters. The van der Waals surface area contributed by atoms with Crippen molar-refractivity contribution in [3.05, 3.63) is 29.8 Å². The molecular formula is C18H27NO. The summed E-state index contributed by atoms with van der Waals surface area (Å²) in [6.07, 6.45) is 5.32. The highest BCUT2D eigenvalue weighted by Crippen LogP contribution is 2.42. The molecule has 2 nitrogen and oxygen atoms in total. The first-order chi connectivity index (χ1) is 9.57. The van der Waals surface area contributed by atoms with E-state index < -0.39 is 0 Å². The number of phenols is 1. The summed E-state index contributed by atoms with van der Waals surface area (Å²) in [4.78, 5) is 2.66. The van der Waals surface area contributed by atoms with Gasteiger partial charge in [-0.2, -0.15) is 0 Å². The lowest BCUT2D eigenvalue weighted by Crippen LogP contribution is -2.33. The van der Waals surface area contributed by atoms with Crippen LogP contribution in [0.1, 0.15) is 45.1 Å². The molecule has 1 heterocycles. The number of nitrogens with zero attached hydrogens (tertiary/aromatic N) is 1. The summed E-state index contributed by atoms with van der Waals surface area (Å²) < 4.78 is 0. The molecule has 1 aliphatic carbocycles. The lowest BCUT2D eigenvalue weighted by molar-refractivity contribution is 0.278. The van der Waals surface area contributed by atoms with Crippen LogP contribution in [0.4, 0.5) is 0 Å². The van der Waals surface area contributed by atoms with E-state index in [4.69, 9.17) is 0 Å². The van der Waals surface area contributed by atoms with Gasteiger partial charge in [-0.1, -0.05) is 26.0 Å². The van der Waals surface area contributed by atoms with Gasteiger partial charge >= 0.3 is 0 Å². The molecule has 110 valence electrons. The monoisotopic (exact) mass is 273 g/mol. The van der Waals surface area contributed by atoms with Crippen LogP contribution in [0.2, 0.25) is 0 Å². The maximum Gasteiger partial charge on any atom is 0.115 e. The molecule has 1 saturated heterocycles. The Hall–Kier alpha value is -1.02. The smallest absolute Gasteiger partial charge is 0.115 e. The van der Waals surface area contributed by atoms with Crippen molar-refractivity contribution in [2.75, 3.05) is 19.6 Å². The first kappa shape index (κ1) is 13.9. The van der Waals surface area contributed by atoms with Crippen LogP contribution < -0.4 is 0 Å². The molecule has 2 fully saturated rings. The van der Waals surface area contributed by atoms with Crippen molar-refractivity contribution in [2.45, 2.75) is 44.9 Å². The predicted octanol–water partition coefficient (Wildman–Crippen LogP) is 3.79. The van der Waals surface area contributed by atoms with Gasteiger partial charge in [0.2, 0.25) is 0 Å². The average molecular weight is 273 g/mol. The zero-order valence-electron chi connectivity index (χ0n) is 12.8. The van der Waals surface area contributed by atoms with Gasteiger partial charge in [-0.3, -0.25) is 0 Å². The summed E-state index contributed by atoms with van der Waals surface area (Å²) in [5.41, 5.74) is 1.59. The lowest BCUT2D eigenvalue weighted by Gasteiger charge is -2.32. The first-order valence-corrected chi connectivity index (χ1v) is 8.09. The molecule has 1 saturated carbocycles. The number of aromatic hydroxyl groups is 1. The number of hydrogen-bond acceptors (Lipinski definition) is 2. The molecule has 1 aliphatic heterocycles. The van der Waals surface area contributed by atoms with Crippen LogP contribution in [0.15, 0.2) is 24.3 Å². The third-order valence-electron chi connectivity index (χ3n) is 4.90. The van der Waals surface area contributed by atoms with Crippen LogP contribution in [0.3, 0.4) is 0 Å². The minimum Gasteiger partial charge on any atom is -0.508 e. The zero-order chi connectivity index (χ0) is 14.2. The molecule has 1 aromatic rings. The minimum atomic E-state index is 0.252. The Balaban J connectivity index is 1.81. The van der Waals surface area contributed by atoms with Gasteiger partial charge < -0.3 is 10.0 Å². The normalized spacial score (nSPS) is 27.4. The fourth-order valence-corrected chi connectivity index (χ4v) is 3.92. The Kier molecular flexibility index (Phi) is 3.76. The summed E-state index contributed by atoms with van der Waals surface area (Å²) >= 11 is 0. The van der Waals surface area contributed by atoms with Gasteiger partial charge in [-0.25, -0.2) is 0 Å². The molecule has 0 spiro atoms. The third kappa shape index (κ3) is 3.01. The van der Waals surface area contributed by atoms with Crippen LogP contribution in [0.5, 0.6) is 5.75 Å². The van der Waals surface area contributed by atoms with Crippen molar-refractivity contribution in [1.29, 1.82) is 0 Å². The molecule has 3 rings (SSSR count). The SMILES string of the molecule is CC(C)C[C@]1(c2cccc(O)c2)CCN(CC2CC2)C1. The van der Waals surface area contributed by atoms with Crippen LogP contribution in [0, 0.1) is 11.8 Å². The van der Waals surface area contributed by atoms with Gasteiger partial charge in [-0.05, 0) is 61.8 Å². The maximum absolute atomic E-state index is 9.83. The van der Waals surface area contributed by atoms with Crippen molar-refractivity contribution >= 4 is 0 Å². The van der Waals surface area contributed by atoms with Gasteiger partial charge in [0.15, 0.2) is 0 Å². The van der Waals surface area contributed by atoms with Crippen molar-refractivity contribution in [3.8, 4) is 5.75 Å². The highest BCUT2D eigenvalue weighted by atomic mass is 16.3. The number of hydrogen-bond donors (Lipinski definition) is 1. The first-order valence-electron chi connectivity index (χ1n) is 8.09. The molecule has 2 aliphatic rings. The zero-order valence-corrected chi connectivity index (χ0v) is 12.8. The molecule has 1 N–H and O–H groups in total. The second kappa shape index (κ2) is 5.40. The lowest BCUT2D eigenvalue weighted by atomic mass is 9.73. The quantitative estimate of drug-likeness (QED) is 0.882. The second-order valence-corrected chi connectivity index (χ2v) is 7.36. The fourth-order valence-electron chi connectivity index (χ4n) is 3.92. The maximum atomic E-state index is 9.83. The highest BCUT2D eigenvalue weighted by molar-refractivity contribution is 5.34. The van der Waals surface area contributed by atoms with Gasteiger partial charge in [0, 0.05) is 18.5 Å². The van der Waals surface area contributed by atoms with Crippen molar-refractivity contribution in [3.63, 3.8) is 0 Å². The Bertz CT molecular complexity index is 466. The van der Waals surface area contributed by atoms with E-state index in [-0.39, 0.29) is 5.41 Å². The van der Waals surface area contributed by atoms with Gasteiger partial charge in [-0.15, -0.1) is 0 Å². The number of benzene rings is 1. The van der Waals surface area contributed by atoms with Gasteiger partial charge in [0.1, 0.15) is 5.75 Å². The van der Waals surface area contributed by atoms with Crippen LogP contribution >= 0.6 is 0 Å². The molecule has 1 aromatic carbocycles. The molecule has 2 heteroatoms. The summed E-state index contributed by atoms with van der Waals surface area (Å²) in [6.45, 7) is 8.31. The Morgan fingerprint density at radius 1 is 1.35 bits per heavy atom. The standard InChI is InChI=1S/C18H27NO/c1-14(2)11-18(16-4-3-5-17(20)10-16)8-9-19(13-18)12-15-6-7-15/h3-5,10,14-15,20H,6-9,11-13H2,1-2H3/t18-/m1/s1. The molecule has 0 unspecified atom stereocenters. The molecule has 0 amide bonds. The van der Waals surface area contributed by atoms with E-state index in [9.17, 15) is 5.11 Å². The Labute approximate surface area is 122 Å². The summed E-state index contributed by atoms with van der Waals surface area (Å²) in [7, 11) is 0. The highest BCUT2D eigenvalue weighted by Gasteiger charge is 2.41. The molecule has 0 radical (unpaired) electrons. The third-order valence-corrected chi connectivity index (χ3v) is 4.90. The van der Waals surface area contributed by atoms with Crippen LogP contribution in [-0.2, 0) is 5.41 Å². The second-order valence-electron chi connectivity index (χ2n) is 7.36. The predicted molar refractivity (Wildman–Crippen MR) is 83.0 cm³/mol. The van der Waals surface area contributed by atoms with Crippen molar-refractivity contribution in [1.82, 2.24) is 4.90 Å². The number of phenolic OH excluding ortho intramolecular Hbond substituents is 1. The van der Waals surface area contributed by atoms with E-state index in [1.54, 1.807) is 6.07 Å². The van der Waals surface area contributed by atoms with E-state index in [0.29, 0.717) is 11.7 Å². The average Bonchev–Trinajstić information content (AvgIpc) is 3.10. The van der Waals surface area contributed by atoms with E-state index in [2.05, 4.69) is 24.8 Å². The molecule has 0 aromatic heterocycles. The molecule has 0 bridgehead atoms. The molecule has 20 heavy (non-hydrogen) atoms. The van der Waals surface area contributed by atoms with E-state index >= 15 is 0 Å². The summed E-state index contributed by atoms with van der Waals surface area (Å²) in [5.74, 6) is 2.07. The summed E-state index contributed by atoms with van der Waals surface area (Å²) in [5, 5.41) is 9.83. The van der Waals surface area contributed by atoms with E-state index in [1.165, 1.54) is 50.9 Å². The number of likely N-dealkylation sites (tertiary alicyclic amines) is 1. The minimum absolute atomic E-state index is 0.252. The van der Waals surface area contributed by atoms with Crippen molar-refractivity contribution in [2.24, 2.45) is 11.8 Å². The Morgan fingerprint density at radius 2 is 2.15 bits per heavy atom. The van der Waals surface area contributed by atoms with Crippen LogP contribution in [-0.4, -0.2) is 29.6 Å².